The largest absolute Gasteiger partial charge is 0.507 e. The molecule has 0 aliphatic rings. The van der Waals surface area contributed by atoms with E-state index in [0.717, 1.165) is 22.2 Å². The van der Waals surface area contributed by atoms with Gasteiger partial charge in [-0.1, -0.05) is 6.07 Å². The van der Waals surface area contributed by atoms with Gasteiger partial charge in [-0.3, -0.25) is 0 Å². The van der Waals surface area contributed by atoms with Gasteiger partial charge in [-0.25, -0.2) is 0 Å². The normalized spacial score (nSPS) is 11.1. The molecule has 3 nitrogen and oxygen atoms in total. The summed E-state index contributed by atoms with van der Waals surface area (Å²) in [6.45, 7) is 2.12. The number of aryl methyl sites for hydroxylation is 2. The summed E-state index contributed by atoms with van der Waals surface area (Å²) in [6, 6.07) is 5.81. The van der Waals surface area contributed by atoms with Gasteiger partial charge in [-0.15, -0.1) is 0 Å². The quantitative estimate of drug-likeness (QED) is 0.718. The van der Waals surface area contributed by atoms with Crippen LogP contribution < -0.4 is 0 Å². The summed E-state index contributed by atoms with van der Waals surface area (Å²) in [7, 11) is 0. The average Bonchev–Trinajstić information content (AvgIpc) is 2.59. The molecule has 0 amide bonds. The topological polar surface area (TPSA) is 56.2 Å². The van der Waals surface area contributed by atoms with Crippen molar-refractivity contribution in [2.75, 3.05) is 6.61 Å². The van der Waals surface area contributed by atoms with Gasteiger partial charge < -0.3 is 15.2 Å². The molecule has 1 heterocycles. The second kappa shape index (κ2) is 3.95. The third-order valence-corrected chi connectivity index (χ3v) is 2.60. The van der Waals surface area contributed by atoms with Crippen molar-refractivity contribution in [3.05, 3.63) is 29.5 Å². The van der Waals surface area contributed by atoms with Crippen LogP contribution >= 0.6 is 0 Å². The molecule has 1 aromatic carbocycles. The number of hydrogen-bond donors (Lipinski definition) is 3. The van der Waals surface area contributed by atoms with Crippen molar-refractivity contribution in [1.29, 1.82) is 0 Å². The first-order valence-corrected chi connectivity index (χ1v) is 5.13. The molecule has 0 aliphatic carbocycles. The summed E-state index contributed by atoms with van der Waals surface area (Å²) in [5, 5.41) is 19.6. The monoisotopic (exact) mass is 205 g/mol. The Morgan fingerprint density at radius 3 is 2.87 bits per heavy atom. The number of aromatic amines is 1. The minimum absolute atomic E-state index is 0.156. The number of aromatic hydroxyl groups is 1. The molecule has 3 heteroatoms. The number of hydrogen-bond acceptors (Lipinski definition) is 2. The maximum Gasteiger partial charge on any atom is 0.128 e. The zero-order valence-corrected chi connectivity index (χ0v) is 8.75. The molecule has 0 aliphatic heterocycles. The molecule has 1 aromatic heterocycles. The maximum absolute atomic E-state index is 9.99. The first-order chi connectivity index (χ1) is 7.22. The summed E-state index contributed by atoms with van der Waals surface area (Å²) in [5.74, 6) is 0.338. The van der Waals surface area contributed by atoms with Crippen LogP contribution in [0.5, 0.6) is 5.75 Å². The Morgan fingerprint density at radius 1 is 1.33 bits per heavy atom. The molecule has 0 bridgehead atoms. The molecule has 0 fully saturated rings. The number of H-pyrrole nitrogens is 1. The highest BCUT2D eigenvalue weighted by atomic mass is 16.3. The molecule has 0 radical (unpaired) electrons. The molecule has 2 aromatic rings. The molecule has 2 rings (SSSR count). The van der Waals surface area contributed by atoms with Crippen molar-refractivity contribution in [2.45, 2.75) is 19.8 Å². The second-order valence-corrected chi connectivity index (χ2v) is 3.81. The van der Waals surface area contributed by atoms with Gasteiger partial charge in [-0.05, 0) is 37.5 Å². The number of aliphatic hydroxyl groups excluding tert-OH is 1. The van der Waals surface area contributed by atoms with E-state index in [0.29, 0.717) is 18.6 Å². The van der Waals surface area contributed by atoms with Gasteiger partial charge in [0, 0.05) is 23.2 Å². The molecule has 0 spiro atoms. The van der Waals surface area contributed by atoms with Gasteiger partial charge in [0.15, 0.2) is 0 Å². The van der Waals surface area contributed by atoms with Gasteiger partial charge in [0.2, 0.25) is 0 Å². The summed E-state index contributed by atoms with van der Waals surface area (Å²) in [5.41, 5.74) is 2.90. The number of aromatic nitrogens is 1. The van der Waals surface area contributed by atoms with E-state index in [1.54, 1.807) is 0 Å². The summed E-state index contributed by atoms with van der Waals surface area (Å²) in [4.78, 5) is 3.17. The molecule has 0 saturated heterocycles. The first kappa shape index (κ1) is 10.1. The molecule has 80 valence electrons. The van der Waals surface area contributed by atoms with Crippen molar-refractivity contribution in [3.8, 4) is 5.75 Å². The predicted octanol–water partition coefficient (Wildman–Crippen LogP) is 2.11. The third-order valence-electron chi connectivity index (χ3n) is 2.60. The highest BCUT2D eigenvalue weighted by molar-refractivity contribution is 5.87. The van der Waals surface area contributed by atoms with Crippen LogP contribution in [0.25, 0.3) is 10.9 Å². The lowest BCUT2D eigenvalue weighted by molar-refractivity contribution is 0.288. The van der Waals surface area contributed by atoms with Gasteiger partial charge >= 0.3 is 0 Å². The van der Waals surface area contributed by atoms with E-state index in [2.05, 4.69) is 4.98 Å². The lowest BCUT2D eigenvalue weighted by atomic mass is 10.1. The Morgan fingerprint density at radius 2 is 2.13 bits per heavy atom. The third kappa shape index (κ3) is 1.83. The molecule has 0 unspecified atom stereocenters. The van der Waals surface area contributed by atoms with Gasteiger partial charge in [0.05, 0.1) is 0 Å². The number of nitrogens with one attached hydrogen (secondary N) is 1. The minimum Gasteiger partial charge on any atom is -0.507 e. The van der Waals surface area contributed by atoms with Crippen LogP contribution in [-0.2, 0) is 6.42 Å². The number of aliphatic hydroxyl groups is 1. The van der Waals surface area contributed by atoms with Crippen molar-refractivity contribution >= 4 is 10.9 Å². The Balaban J connectivity index is 2.45. The number of phenols is 1. The van der Waals surface area contributed by atoms with Gasteiger partial charge in [0.25, 0.3) is 0 Å². The van der Waals surface area contributed by atoms with E-state index in [1.165, 1.54) is 0 Å². The fraction of sp³-hybridized carbons (Fsp3) is 0.333. The predicted molar refractivity (Wildman–Crippen MR) is 60.1 cm³/mol. The summed E-state index contributed by atoms with van der Waals surface area (Å²) < 4.78 is 0. The van der Waals surface area contributed by atoms with Crippen molar-refractivity contribution in [3.63, 3.8) is 0 Å². The van der Waals surface area contributed by atoms with Crippen molar-refractivity contribution in [1.82, 2.24) is 4.98 Å². The minimum atomic E-state index is 0.156. The highest BCUT2D eigenvalue weighted by Crippen LogP contribution is 2.29. The zero-order chi connectivity index (χ0) is 10.8. The number of benzene rings is 1. The smallest absolute Gasteiger partial charge is 0.128 e. The standard InChI is InChI=1S/C12H15NO2/c1-8-7-10-11(13-8)5-4-9(12(10)15)3-2-6-14/h4-5,7,13-15H,2-3,6H2,1H3. The first-order valence-electron chi connectivity index (χ1n) is 5.13. The highest BCUT2D eigenvalue weighted by Gasteiger charge is 2.07. The van der Waals surface area contributed by atoms with E-state index in [1.807, 2.05) is 25.1 Å². The fourth-order valence-electron chi connectivity index (χ4n) is 1.84. The summed E-state index contributed by atoms with van der Waals surface area (Å²) in [6.07, 6.45) is 1.39. The van der Waals surface area contributed by atoms with Gasteiger partial charge in [-0.2, -0.15) is 0 Å². The van der Waals surface area contributed by atoms with E-state index in [4.69, 9.17) is 5.11 Å². The van der Waals surface area contributed by atoms with Crippen LogP contribution in [0.4, 0.5) is 0 Å². The molecule has 0 saturated carbocycles. The number of phenolic OH excluding ortho intramolecular Hbond substituents is 1. The Bertz CT molecular complexity index is 474. The molecule has 15 heavy (non-hydrogen) atoms. The fourth-order valence-corrected chi connectivity index (χ4v) is 1.84. The van der Waals surface area contributed by atoms with Crippen LogP contribution in [0.3, 0.4) is 0 Å². The number of fused-ring (bicyclic) bond motifs is 1. The lowest BCUT2D eigenvalue weighted by Gasteiger charge is -2.04. The second-order valence-electron chi connectivity index (χ2n) is 3.81. The average molecular weight is 205 g/mol. The van der Waals surface area contributed by atoms with Crippen molar-refractivity contribution in [2.24, 2.45) is 0 Å². The SMILES string of the molecule is Cc1cc2c(O)c(CCCO)ccc2[nH]1. The van der Waals surface area contributed by atoms with Gasteiger partial charge in [0.1, 0.15) is 5.75 Å². The Hall–Kier alpha value is -1.48. The Kier molecular flexibility index (Phi) is 2.64. The van der Waals surface area contributed by atoms with E-state index in [-0.39, 0.29) is 6.61 Å². The van der Waals surface area contributed by atoms with Crippen LogP contribution in [0.15, 0.2) is 18.2 Å². The molecule has 3 N–H and O–H groups in total. The van der Waals surface area contributed by atoms with Crippen LogP contribution in [0.1, 0.15) is 17.7 Å². The van der Waals surface area contributed by atoms with Crippen molar-refractivity contribution < 1.29 is 10.2 Å². The zero-order valence-electron chi connectivity index (χ0n) is 8.75. The van der Waals surface area contributed by atoms with Crippen LogP contribution in [-0.4, -0.2) is 21.8 Å². The number of rotatable bonds is 3. The van der Waals surface area contributed by atoms with E-state index < -0.39 is 0 Å². The molecular formula is C12H15NO2. The lowest BCUT2D eigenvalue weighted by Crippen LogP contribution is -1.90. The summed E-state index contributed by atoms with van der Waals surface area (Å²) >= 11 is 0. The van der Waals surface area contributed by atoms with Crippen LogP contribution in [0.2, 0.25) is 0 Å². The Labute approximate surface area is 88.4 Å². The van der Waals surface area contributed by atoms with E-state index >= 15 is 0 Å². The maximum atomic E-state index is 9.99. The van der Waals surface area contributed by atoms with Crippen LogP contribution in [0, 0.1) is 6.92 Å². The van der Waals surface area contributed by atoms with E-state index in [9.17, 15) is 5.11 Å². The molecular weight excluding hydrogens is 190 g/mol. The molecule has 0 atom stereocenters.